The molecule has 1 amide bonds. The van der Waals surface area contributed by atoms with Crippen molar-refractivity contribution < 1.29 is 15.0 Å². The summed E-state index contributed by atoms with van der Waals surface area (Å²) in [5.74, 6) is 0.172. The van der Waals surface area contributed by atoms with Crippen molar-refractivity contribution in [2.75, 3.05) is 38.2 Å². The van der Waals surface area contributed by atoms with Crippen LogP contribution in [0.25, 0.3) is 0 Å². The van der Waals surface area contributed by atoms with E-state index >= 15 is 0 Å². The Kier molecular flexibility index (Phi) is 7.28. The molecule has 0 aliphatic carbocycles. The average Bonchev–Trinajstić information content (AvgIpc) is 2.45. The van der Waals surface area contributed by atoms with Gasteiger partial charge in [-0.05, 0) is 18.6 Å². The smallest absolute Gasteiger partial charge is 0.274 e. The van der Waals surface area contributed by atoms with Gasteiger partial charge < -0.3 is 20.4 Å². The number of pyridine rings is 1. The van der Waals surface area contributed by atoms with E-state index in [1.165, 1.54) is 4.90 Å². The summed E-state index contributed by atoms with van der Waals surface area (Å²) in [6, 6.07) is 3.31. The van der Waals surface area contributed by atoms with Crippen molar-refractivity contribution in [2.45, 2.75) is 13.3 Å². The molecule has 20 heavy (non-hydrogen) atoms. The van der Waals surface area contributed by atoms with Gasteiger partial charge in [-0.25, -0.2) is 4.98 Å². The van der Waals surface area contributed by atoms with E-state index in [1.807, 2.05) is 6.92 Å². The van der Waals surface area contributed by atoms with Crippen molar-refractivity contribution in [1.29, 1.82) is 0 Å². The molecule has 6 nitrogen and oxygen atoms in total. The van der Waals surface area contributed by atoms with E-state index in [0.717, 1.165) is 13.0 Å². The Labute approximate surface area is 123 Å². The molecular formula is C13H20ClN3O3. The van der Waals surface area contributed by atoms with Gasteiger partial charge >= 0.3 is 0 Å². The second-order valence-corrected chi connectivity index (χ2v) is 4.60. The number of amides is 1. The highest BCUT2D eigenvalue weighted by molar-refractivity contribution is 6.33. The maximum absolute atomic E-state index is 12.3. The molecule has 7 heteroatoms. The quantitative estimate of drug-likeness (QED) is 0.666. The molecule has 0 radical (unpaired) electrons. The first kappa shape index (κ1) is 16.7. The Hall–Kier alpha value is -1.37. The fourth-order valence-electron chi connectivity index (χ4n) is 1.65. The summed E-state index contributed by atoms with van der Waals surface area (Å²) in [5, 5.41) is 21.2. The van der Waals surface area contributed by atoms with Crippen molar-refractivity contribution in [2.24, 2.45) is 0 Å². The number of hydrogen-bond acceptors (Lipinski definition) is 5. The molecule has 0 unspecified atom stereocenters. The molecule has 0 aliphatic heterocycles. The molecule has 0 saturated heterocycles. The van der Waals surface area contributed by atoms with Gasteiger partial charge in [-0.2, -0.15) is 0 Å². The van der Waals surface area contributed by atoms with Crippen LogP contribution in [0, 0.1) is 0 Å². The van der Waals surface area contributed by atoms with Gasteiger partial charge in [-0.3, -0.25) is 4.79 Å². The summed E-state index contributed by atoms with van der Waals surface area (Å²) >= 11 is 6.01. The van der Waals surface area contributed by atoms with Crippen LogP contribution in [0.1, 0.15) is 23.8 Å². The van der Waals surface area contributed by atoms with Crippen LogP contribution in [-0.2, 0) is 0 Å². The number of aliphatic hydroxyl groups is 2. The molecule has 0 aliphatic rings. The maximum atomic E-state index is 12.3. The first-order chi connectivity index (χ1) is 9.63. The molecule has 1 aromatic rings. The van der Waals surface area contributed by atoms with Gasteiger partial charge in [-0.1, -0.05) is 18.5 Å². The molecule has 0 aromatic carbocycles. The summed E-state index contributed by atoms with van der Waals surface area (Å²) in [7, 11) is 0. The third kappa shape index (κ3) is 4.63. The summed E-state index contributed by atoms with van der Waals surface area (Å²) < 4.78 is 0. The third-order valence-corrected chi connectivity index (χ3v) is 2.94. The summed E-state index contributed by atoms with van der Waals surface area (Å²) in [5.41, 5.74) is 0.120. The maximum Gasteiger partial charge on any atom is 0.274 e. The van der Waals surface area contributed by atoms with Gasteiger partial charge in [0, 0.05) is 19.6 Å². The number of aliphatic hydroxyl groups excluding tert-OH is 2. The number of hydrogen-bond donors (Lipinski definition) is 3. The highest BCUT2D eigenvalue weighted by atomic mass is 35.5. The van der Waals surface area contributed by atoms with Crippen LogP contribution < -0.4 is 5.32 Å². The van der Waals surface area contributed by atoms with Crippen LogP contribution in [0.5, 0.6) is 0 Å². The zero-order chi connectivity index (χ0) is 15.0. The van der Waals surface area contributed by atoms with Crippen LogP contribution in [0.2, 0.25) is 5.02 Å². The lowest BCUT2D eigenvalue weighted by atomic mass is 10.3. The fourth-order valence-corrected chi connectivity index (χ4v) is 1.84. The average molecular weight is 302 g/mol. The first-order valence-electron chi connectivity index (χ1n) is 6.55. The van der Waals surface area contributed by atoms with E-state index in [1.54, 1.807) is 12.1 Å². The molecular weight excluding hydrogens is 282 g/mol. The number of nitrogens with zero attached hydrogens (tertiary/aromatic N) is 2. The van der Waals surface area contributed by atoms with Gasteiger partial charge in [0.15, 0.2) is 0 Å². The molecule has 0 spiro atoms. The minimum Gasteiger partial charge on any atom is -0.395 e. The molecule has 1 rings (SSSR count). The normalized spacial score (nSPS) is 10.4. The monoisotopic (exact) mass is 301 g/mol. The second-order valence-electron chi connectivity index (χ2n) is 4.19. The molecule has 3 N–H and O–H groups in total. The second kappa shape index (κ2) is 8.73. The van der Waals surface area contributed by atoms with Crippen LogP contribution >= 0.6 is 11.6 Å². The van der Waals surface area contributed by atoms with E-state index in [2.05, 4.69) is 10.3 Å². The molecule has 0 fully saturated rings. The van der Waals surface area contributed by atoms with Crippen molar-refractivity contribution >= 4 is 23.3 Å². The lowest BCUT2D eigenvalue weighted by Crippen LogP contribution is -2.36. The minimum atomic E-state index is -0.404. The molecule has 0 saturated carbocycles. The first-order valence-corrected chi connectivity index (χ1v) is 6.93. The van der Waals surface area contributed by atoms with Gasteiger partial charge in [0.1, 0.15) is 11.5 Å². The van der Waals surface area contributed by atoms with Crippen molar-refractivity contribution in [3.05, 3.63) is 22.8 Å². The van der Waals surface area contributed by atoms with E-state index in [0.29, 0.717) is 5.82 Å². The SMILES string of the molecule is CCCNc1ccc(Cl)c(C(=O)N(CCO)CCO)n1. The number of anilines is 1. The summed E-state index contributed by atoms with van der Waals surface area (Å²) in [4.78, 5) is 17.8. The van der Waals surface area contributed by atoms with Gasteiger partial charge in [0.2, 0.25) is 0 Å². The number of rotatable bonds is 8. The van der Waals surface area contributed by atoms with E-state index in [9.17, 15) is 4.79 Å². The lowest BCUT2D eigenvalue weighted by Gasteiger charge is -2.21. The van der Waals surface area contributed by atoms with Gasteiger partial charge in [-0.15, -0.1) is 0 Å². The zero-order valence-corrected chi connectivity index (χ0v) is 12.2. The van der Waals surface area contributed by atoms with Crippen LogP contribution in [0.4, 0.5) is 5.82 Å². The van der Waals surface area contributed by atoms with Crippen LogP contribution in [0.3, 0.4) is 0 Å². The highest BCUT2D eigenvalue weighted by Crippen LogP contribution is 2.18. The minimum absolute atomic E-state index is 0.120. The summed E-state index contributed by atoms with van der Waals surface area (Å²) in [6.45, 7) is 2.67. The van der Waals surface area contributed by atoms with Crippen LogP contribution in [-0.4, -0.2) is 58.9 Å². The number of halogens is 1. The largest absolute Gasteiger partial charge is 0.395 e. The Morgan fingerprint density at radius 2 is 2.00 bits per heavy atom. The van der Waals surface area contributed by atoms with Gasteiger partial charge in [0.25, 0.3) is 5.91 Å². The zero-order valence-electron chi connectivity index (χ0n) is 11.5. The van der Waals surface area contributed by atoms with Crippen molar-refractivity contribution in [3.8, 4) is 0 Å². The lowest BCUT2D eigenvalue weighted by molar-refractivity contribution is 0.0679. The Morgan fingerprint density at radius 1 is 1.35 bits per heavy atom. The van der Waals surface area contributed by atoms with Gasteiger partial charge in [0.05, 0.1) is 18.2 Å². The van der Waals surface area contributed by atoms with Crippen molar-refractivity contribution in [1.82, 2.24) is 9.88 Å². The van der Waals surface area contributed by atoms with E-state index in [4.69, 9.17) is 21.8 Å². The number of carbonyl (C=O) groups is 1. The Bertz CT molecular complexity index is 437. The fraction of sp³-hybridized carbons (Fsp3) is 0.538. The summed E-state index contributed by atoms with van der Waals surface area (Å²) in [6.07, 6.45) is 0.939. The van der Waals surface area contributed by atoms with E-state index in [-0.39, 0.29) is 37.0 Å². The number of nitrogens with one attached hydrogen (secondary N) is 1. The van der Waals surface area contributed by atoms with E-state index < -0.39 is 5.91 Å². The number of aromatic nitrogens is 1. The standard InChI is InChI=1S/C13H20ClN3O3/c1-2-5-15-11-4-3-10(14)12(16-11)13(20)17(6-8-18)7-9-19/h3-4,18-19H,2,5-9H2,1H3,(H,15,16). The predicted octanol–water partition coefficient (Wildman–Crippen LogP) is 0.984. The van der Waals surface area contributed by atoms with Crippen molar-refractivity contribution in [3.63, 3.8) is 0 Å². The molecule has 1 heterocycles. The molecule has 0 atom stereocenters. The highest BCUT2D eigenvalue weighted by Gasteiger charge is 2.19. The molecule has 1 aromatic heterocycles. The molecule has 112 valence electrons. The Morgan fingerprint density at radius 3 is 2.55 bits per heavy atom. The Balaban J connectivity index is 2.94. The number of carbonyl (C=O) groups excluding carboxylic acids is 1. The predicted molar refractivity (Wildman–Crippen MR) is 78.1 cm³/mol. The topological polar surface area (TPSA) is 85.7 Å². The third-order valence-electron chi connectivity index (χ3n) is 2.63. The molecule has 0 bridgehead atoms. The van der Waals surface area contributed by atoms with Crippen LogP contribution in [0.15, 0.2) is 12.1 Å².